The predicted molar refractivity (Wildman–Crippen MR) is 99.4 cm³/mol. The van der Waals surface area contributed by atoms with Crippen molar-refractivity contribution in [1.29, 1.82) is 0 Å². The third-order valence-corrected chi connectivity index (χ3v) is 4.48. The van der Waals surface area contributed by atoms with Crippen molar-refractivity contribution in [1.82, 2.24) is 15.0 Å². The molecule has 138 valence electrons. The van der Waals surface area contributed by atoms with Crippen molar-refractivity contribution < 1.29 is 14.3 Å². The first-order valence-electron chi connectivity index (χ1n) is 8.75. The van der Waals surface area contributed by atoms with Crippen molar-refractivity contribution in [3.05, 3.63) is 77.6 Å². The highest BCUT2D eigenvalue weighted by Gasteiger charge is 2.29. The van der Waals surface area contributed by atoms with E-state index in [2.05, 4.69) is 27.3 Å². The van der Waals surface area contributed by atoms with Crippen LogP contribution in [0.1, 0.15) is 27.8 Å². The molecule has 7 nitrogen and oxygen atoms in total. The van der Waals surface area contributed by atoms with E-state index in [-0.39, 0.29) is 12.2 Å². The molecule has 2 heterocycles. The molecule has 1 unspecified atom stereocenters. The highest BCUT2D eigenvalue weighted by Crippen LogP contribution is 2.30. The zero-order chi connectivity index (χ0) is 18.6. The Morgan fingerprint density at radius 3 is 2.89 bits per heavy atom. The zero-order valence-corrected chi connectivity index (χ0v) is 15.0. The summed E-state index contributed by atoms with van der Waals surface area (Å²) < 4.78 is 12.4. The van der Waals surface area contributed by atoms with E-state index >= 15 is 0 Å². The average Bonchev–Trinajstić information content (AvgIpc) is 3.37. The molecule has 4 rings (SSSR count). The van der Waals surface area contributed by atoms with Crippen LogP contribution in [0.3, 0.4) is 0 Å². The van der Waals surface area contributed by atoms with Crippen LogP contribution in [-0.4, -0.2) is 41.2 Å². The quantitative estimate of drug-likeness (QED) is 0.648. The molecule has 1 aromatic heterocycles. The number of hydrogen-bond acceptors (Lipinski definition) is 6. The topological polar surface area (TPSA) is 69.5 Å². The minimum Gasteiger partial charge on any atom is -0.465 e. The van der Waals surface area contributed by atoms with Crippen molar-refractivity contribution in [2.75, 3.05) is 25.2 Å². The van der Waals surface area contributed by atoms with Crippen LogP contribution in [0.25, 0.3) is 0 Å². The van der Waals surface area contributed by atoms with Gasteiger partial charge in [-0.15, -0.1) is 5.10 Å². The summed E-state index contributed by atoms with van der Waals surface area (Å²) in [6.45, 7) is 1.96. The number of esters is 1. The Kier molecular flexibility index (Phi) is 4.84. The molecule has 0 amide bonds. The SMILES string of the molecule is COC(=O)c1cccc(Cn2cc(C3OCCN3c3ccccc3)nn2)c1. The van der Waals surface area contributed by atoms with E-state index in [0.717, 1.165) is 23.5 Å². The molecule has 1 fully saturated rings. The fourth-order valence-electron chi connectivity index (χ4n) is 3.20. The summed E-state index contributed by atoms with van der Waals surface area (Å²) in [6, 6.07) is 17.4. The van der Waals surface area contributed by atoms with Gasteiger partial charge >= 0.3 is 5.97 Å². The molecular formula is C20H20N4O3. The number of rotatable bonds is 5. The summed E-state index contributed by atoms with van der Waals surface area (Å²) in [5.74, 6) is -0.353. The summed E-state index contributed by atoms with van der Waals surface area (Å²) in [5.41, 5.74) is 3.33. The summed E-state index contributed by atoms with van der Waals surface area (Å²) in [4.78, 5) is 13.9. The Morgan fingerprint density at radius 1 is 1.22 bits per heavy atom. The highest BCUT2D eigenvalue weighted by atomic mass is 16.5. The van der Waals surface area contributed by atoms with Crippen molar-refractivity contribution in [3.63, 3.8) is 0 Å². The van der Waals surface area contributed by atoms with E-state index in [0.29, 0.717) is 18.7 Å². The van der Waals surface area contributed by atoms with Crippen LogP contribution in [0, 0.1) is 0 Å². The van der Waals surface area contributed by atoms with Gasteiger partial charge in [0.2, 0.25) is 0 Å². The van der Waals surface area contributed by atoms with Gasteiger partial charge in [-0.3, -0.25) is 0 Å². The summed E-state index contributed by atoms with van der Waals surface area (Å²) in [7, 11) is 1.37. The molecule has 27 heavy (non-hydrogen) atoms. The second-order valence-corrected chi connectivity index (χ2v) is 6.29. The summed E-state index contributed by atoms with van der Waals surface area (Å²) >= 11 is 0. The minimum absolute atomic E-state index is 0.248. The Hall–Kier alpha value is -3.19. The third-order valence-electron chi connectivity index (χ3n) is 4.48. The smallest absolute Gasteiger partial charge is 0.337 e. The van der Waals surface area contributed by atoms with Crippen LogP contribution in [0.15, 0.2) is 60.8 Å². The number of carbonyl (C=O) groups is 1. The van der Waals surface area contributed by atoms with Gasteiger partial charge in [0.1, 0.15) is 5.69 Å². The Balaban J connectivity index is 1.51. The van der Waals surface area contributed by atoms with Gasteiger partial charge in [-0.2, -0.15) is 0 Å². The first-order valence-corrected chi connectivity index (χ1v) is 8.75. The van der Waals surface area contributed by atoms with Gasteiger partial charge in [0, 0.05) is 12.2 Å². The number of anilines is 1. The maximum atomic E-state index is 11.7. The molecule has 1 saturated heterocycles. The number of para-hydroxylation sites is 1. The van der Waals surface area contributed by atoms with E-state index in [9.17, 15) is 4.79 Å². The lowest BCUT2D eigenvalue weighted by Gasteiger charge is -2.23. The summed E-state index contributed by atoms with van der Waals surface area (Å²) in [5, 5.41) is 8.52. The van der Waals surface area contributed by atoms with E-state index in [4.69, 9.17) is 9.47 Å². The maximum Gasteiger partial charge on any atom is 0.337 e. The largest absolute Gasteiger partial charge is 0.465 e. The normalized spacial score (nSPS) is 16.5. The Morgan fingerprint density at radius 2 is 2.07 bits per heavy atom. The summed E-state index contributed by atoms with van der Waals surface area (Å²) in [6.07, 6.45) is 1.64. The first-order chi connectivity index (χ1) is 13.2. The molecule has 0 radical (unpaired) electrons. The molecule has 0 aliphatic carbocycles. The van der Waals surface area contributed by atoms with E-state index in [1.54, 1.807) is 16.8 Å². The lowest BCUT2D eigenvalue weighted by molar-refractivity contribution is 0.0600. The fourth-order valence-corrected chi connectivity index (χ4v) is 3.20. The maximum absolute atomic E-state index is 11.7. The van der Waals surface area contributed by atoms with Crippen molar-refractivity contribution in [3.8, 4) is 0 Å². The fraction of sp³-hybridized carbons (Fsp3) is 0.250. The van der Waals surface area contributed by atoms with Gasteiger partial charge in [-0.05, 0) is 29.8 Å². The van der Waals surface area contributed by atoms with Crippen LogP contribution < -0.4 is 4.90 Å². The average molecular weight is 364 g/mol. The lowest BCUT2D eigenvalue weighted by Crippen LogP contribution is -2.23. The number of benzene rings is 2. The van der Waals surface area contributed by atoms with Gasteiger partial charge in [-0.1, -0.05) is 35.5 Å². The van der Waals surface area contributed by atoms with Gasteiger partial charge in [0.25, 0.3) is 0 Å². The van der Waals surface area contributed by atoms with Crippen LogP contribution in [0.4, 0.5) is 5.69 Å². The second-order valence-electron chi connectivity index (χ2n) is 6.29. The highest BCUT2D eigenvalue weighted by molar-refractivity contribution is 5.89. The minimum atomic E-state index is -0.353. The monoisotopic (exact) mass is 364 g/mol. The molecule has 0 saturated carbocycles. The molecule has 3 aromatic rings. The molecule has 1 aliphatic heterocycles. The lowest BCUT2D eigenvalue weighted by atomic mass is 10.1. The van der Waals surface area contributed by atoms with E-state index in [1.165, 1.54) is 7.11 Å². The van der Waals surface area contributed by atoms with Crippen LogP contribution >= 0.6 is 0 Å². The van der Waals surface area contributed by atoms with Crippen molar-refractivity contribution in [2.24, 2.45) is 0 Å². The van der Waals surface area contributed by atoms with Gasteiger partial charge in [0.15, 0.2) is 6.23 Å². The standard InChI is InChI=1S/C20H20N4O3/c1-26-20(25)16-7-5-6-15(12-16)13-23-14-18(21-22-23)19-24(10-11-27-19)17-8-3-2-4-9-17/h2-9,12,14,19H,10-11,13H2,1H3. The Labute approximate surface area is 157 Å². The first kappa shape index (κ1) is 17.2. The molecule has 0 spiro atoms. The number of ether oxygens (including phenoxy) is 2. The molecule has 2 aromatic carbocycles. The van der Waals surface area contributed by atoms with Gasteiger partial charge in [-0.25, -0.2) is 9.48 Å². The van der Waals surface area contributed by atoms with Gasteiger partial charge < -0.3 is 14.4 Å². The number of aromatic nitrogens is 3. The van der Waals surface area contributed by atoms with Crippen LogP contribution in [0.5, 0.6) is 0 Å². The number of methoxy groups -OCH3 is 1. The molecule has 0 bridgehead atoms. The van der Waals surface area contributed by atoms with Crippen LogP contribution in [-0.2, 0) is 16.0 Å². The number of nitrogens with zero attached hydrogens (tertiary/aromatic N) is 4. The van der Waals surface area contributed by atoms with E-state index in [1.807, 2.05) is 36.5 Å². The molecular weight excluding hydrogens is 344 g/mol. The zero-order valence-electron chi connectivity index (χ0n) is 15.0. The van der Waals surface area contributed by atoms with Crippen molar-refractivity contribution >= 4 is 11.7 Å². The Bertz CT molecular complexity index is 926. The predicted octanol–water partition coefficient (Wildman–Crippen LogP) is 2.65. The molecule has 0 N–H and O–H groups in total. The number of carbonyl (C=O) groups excluding carboxylic acids is 1. The van der Waals surface area contributed by atoms with E-state index < -0.39 is 0 Å². The number of hydrogen-bond donors (Lipinski definition) is 0. The molecule has 1 atom stereocenters. The molecule has 1 aliphatic rings. The second kappa shape index (κ2) is 7.59. The van der Waals surface area contributed by atoms with Gasteiger partial charge in [0.05, 0.1) is 32.0 Å². The molecule has 7 heteroatoms. The third kappa shape index (κ3) is 3.68. The van der Waals surface area contributed by atoms with Crippen LogP contribution in [0.2, 0.25) is 0 Å². The van der Waals surface area contributed by atoms with Crippen molar-refractivity contribution in [2.45, 2.75) is 12.8 Å².